The summed E-state index contributed by atoms with van der Waals surface area (Å²) >= 11 is 0. The number of esters is 2. The van der Waals surface area contributed by atoms with Gasteiger partial charge < -0.3 is 14.8 Å². The maximum atomic E-state index is 12.7. The van der Waals surface area contributed by atoms with Crippen LogP contribution in [0, 0.1) is 0 Å². The normalized spacial score (nSPS) is 11.7. The Morgan fingerprint density at radius 3 is 1.70 bits per heavy atom. The average Bonchev–Trinajstić information content (AvgIpc) is 2.77. The van der Waals surface area contributed by atoms with Crippen LogP contribution in [-0.4, -0.2) is 30.3 Å². The quantitative estimate of drug-likeness (QED) is 0.125. The van der Waals surface area contributed by atoms with Crippen molar-refractivity contribution in [3.05, 3.63) is 70.4 Å². The Bertz CT molecular complexity index is 1070. The van der Waals surface area contributed by atoms with Crippen molar-refractivity contribution in [2.24, 2.45) is 0 Å². The Labute approximate surface area is 222 Å². The molecule has 0 aliphatic heterocycles. The molecular formula is C31H43NO5. The summed E-state index contributed by atoms with van der Waals surface area (Å²) in [6.07, 6.45) is 9.76. The number of hydrogen-bond donors (Lipinski definition) is 1. The minimum Gasteiger partial charge on any atom is -0.422 e. The van der Waals surface area contributed by atoms with E-state index in [0.29, 0.717) is 5.56 Å². The fraction of sp³-hybridized carbons (Fsp3) is 0.452. The molecule has 0 amide bonds. The van der Waals surface area contributed by atoms with Crippen LogP contribution in [0.5, 0.6) is 11.5 Å². The summed E-state index contributed by atoms with van der Waals surface area (Å²) in [5, 5.41) is 3.08. The smallest absolute Gasteiger partial charge is 0.315 e. The van der Waals surface area contributed by atoms with Crippen molar-refractivity contribution in [2.75, 3.05) is 6.54 Å². The maximum Gasteiger partial charge on any atom is 0.315 e. The molecule has 0 atom stereocenters. The lowest BCUT2D eigenvalue weighted by Crippen LogP contribution is -2.29. The molecule has 0 saturated heterocycles. The summed E-state index contributed by atoms with van der Waals surface area (Å²) in [4.78, 5) is 37.9. The highest BCUT2D eigenvalue weighted by molar-refractivity contribution is 5.98. The number of ether oxygens (including phenoxy) is 2. The van der Waals surface area contributed by atoms with Crippen molar-refractivity contribution in [2.45, 2.75) is 87.1 Å². The van der Waals surface area contributed by atoms with Gasteiger partial charge in [-0.25, -0.2) is 0 Å². The highest BCUT2D eigenvalue weighted by Gasteiger charge is 2.18. The molecule has 0 aromatic heterocycles. The van der Waals surface area contributed by atoms with Gasteiger partial charge in [0, 0.05) is 11.6 Å². The van der Waals surface area contributed by atoms with Gasteiger partial charge in [0.05, 0.1) is 19.4 Å². The third-order valence-electron chi connectivity index (χ3n) is 5.22. The number of carbonyl (C=O) groups excluding carboxylic acids is 3. The van der Waals surface area contributed by atoms with Crippen LogP contribution >= 0.6 is 0 Å². The topological polar surface area (TPSA) is 81.7 Å². The molecule has 0 radical (unpaired) electrons. The first-order chi connectivity index (χ1) is 17.4. The van der Waals surface area contributed by atoms with E-state index in [4.69, 9.17) is 9.47 Å². The Morgan fingerprint density at radius 2 is 1.24 bits per heavy atom. The Kier molecular flexibility index (Phi) is 14.2. The highest BCUT2D eigenvalue weighted by atomic mass is 16.6. The second-order valence-corrected chi connectivity index (χ2v) is 10.1. The number of allylic oxidation sites excluding steroid dienone is 6. The lowest BCUT2D eigenvalue weighted by molar-refractivity contribution is -0.136. The molecule has 37 heavy (non-hydrogen) atoms. The lowest BCUT2D eigenvalue weighted by Gasteiger charge is -2.13. The van der Waals surface area contributed by atoms with E-state index < -0.39 is 11.9 Å². The molecule has 1 aromatic carbocycles. The van der Waals surface area contributed by atoms with Gasteiger partial charge in [-0.2, -0.15) is 0 Å². The van der Waals surface area contributed by atoms with Gasteiger partial charge in [-0.15, -0.1) is 0 Å². The SMILES string of the molecule is CC(C)=CCC=C(C)CC(=O)Oc1ccc(C(=O)CNC(C)C)cc1OC(=O)CC(C)=CCC=C(C)C. The lowest BCUT2D eigenvalue weighted by atomic mass is 10.1. The fourth-order valence-corrected chi connectivity index (χ4v) is 3.15. The third kappa shape index (κ3) is 14.2. The highest BCUT2D eigenvalue weighted by Crippen LogP contribution is 2.30. The van der Waals surface area contributed by atoms with Crippen LogP contribution in [0.25, 0.3) is 0 Å². The minimum absolute atomic E-state index is 0.0528. The Balaban J connectivity index is 3.07. The zero-order chi connectivity index (χ0) is 28.0. The number of benzene rings is 1. The summed E-state index contributed by atoms with van der Waals surface area (Å²) in [5.41, 5.74) is 4.52. The molecule has 202 valence electrons. The van der Waals surface area contributed by atoms with Gasteiger partial charge in [0.15, 0.2) is 17.3 Å². The molecule has 0 aliphatic carbocycles. The Morgan fingerprint density at radius 1 is 0.757 bits per heavy atom. The minimum atomic E-state index is -0.494. The number of rotatable bonds is 14. The predicted molar refractivity (Wildman–Crippen MR) is 150 cm³/mol. The van der Waals surface area contributed by atoms with E-state index in [-0.39, 0.29) is 42.7 Å². The van der Waals surface area contributed by atoms with E-state index in [1.54, 1.807) is 6.07 Å². The van der Waals surface area contributed by atoms with Crippen molar-refractivity contribution < 1.29 is 23.9 Å². The Hall–Kier alpha value is -3.25. The molecule has 0 saturated carbocycles. The van der Waals surface area contributed by atoms with Crippen LogP contribution in [0.4, 0.5) is 0 Å². The first-order valence-electron chi connectivity index (χ1n) is 12.8. The van der Waals surface area contributed by atoms with E-state index in [1.165, 1.54) is 23.3 Å². The van der Waals surface area contributed by atoms with Crippen LogP contribution < -0.4 is 14.8 Å². The third-order valence-corrected chi connectivity index (χ3v) is 5.22. The molecule has 0 unspecified atom stereocenters. The van der Waals surface area contributed by atoms with Gasteiger partial charge in [-0.05, 0) is 72.6 Å². The molecule has 6 heteroatoms. The van der Waals surface area contributed by atoms with E-state index in [9.17, 15) is 14.4 Å². The number of Topliss-reactive ketones (excluding diaryl/α,β-unsaturated/α-hetero) is 1. The van der Waals surface area contributed by atoms with E-state index >= 15 is 0 Å². The van der Waals surface area contributed by atoms with Crippen molar-refractivity contribution >= 4 is 17.7 Å². The van der Waals surface area contributed by atoms with Crippen LogP contribution in [0.3, 0.4) is 0 Å². The second-order valence-electron chi connectivity index (χ2n) is 10.1. The summed E-state index contributed by atoms with van der Waals surface area (Å²) in [5.74, 6) is -0.959. The number of nitrogens with one attached hydrogen (secondary N) is 1. The summed E-state index contributed by atoms with van der Waals surface area (Å²) in [6.45, 7) is 15.9. The molecule has 0 fully saturated rings. The molecular weight excluding hydrogens is 466 g/mol. The molecule has 0 bridgehead atoms. The number of hydrogen-bond acceptors (Lipinski definition) is 6. The van der Waals surface area contributed by atoms with Gasteiger partial charge in [0.2, 0.25) is 0 Å². The molecule has 1 N–H and O–H groups in total. The first kappa shape index (κ1) is 31.8. The number of carbonyl (C=O) groups is 3. The summed E-state index contributed by atoms with van der Waals surface area (Å²) in [7, 11) is 0. The van der Waals surface area contributed by atoms with Gasteiger partial charge in [-0.1, -0.05) is 60.4 Å². The molecule has 1 aromatic rings. The fourth-order valence-electron chi connectivity index (χ4n) is 3.15. The van der Waals surface area contributed by atoms with Crippen LogP contribution in [-0.2, 0) is 9.59 Å². The predicted octanol–water partition coefficient (Wildman–Crippen LogP) is 7.06. The number of ketones is 1. The standard InChI is InChI=1S/C31H43NO5/c1-21(2)11-9-13-24(7)17-30(34)36-28-16-15-26(27(33)20-32-23(5)6)19-29(28)37-31(35)18-25(8)14-10-12-22(3)4/h11-16,19,23,32H,9-10,17-18,20H2,1-8H3. The molecule has 6 nitrogen and oxygen atoms in total. The van der Waals surface area contributed by atoms with Crippen molar-refractivity contribution in [1.82, 2.24) is 5.32 Å². The molecule has 0 heterocycles. The molecule has 0 spiro atoms. The maximum absolute atomic E-state index is 12.7. The van der Waals surface area contributed by atoms with Crippen molar-refractivity contribution in [3.8, 4) is 11.5 Å². The van der Waals surface area contributed by atoms with Crippen LogP contribution in [0.1, 0.15) is 91.4 Å². The van der Waals surface area contributed by atoms with Gasteiger partial charge in [-0.3, -0.25) is 14.4 Å². The molecule has 0 aliphatic rings. The molecule has 1 rings (SSSR count). The van der Waals surface area contributed by atoms with Gasteiger partial charge in [0.1, 0.15) is 0 Å². The largest absolute Gasteiger partial charge is 0.422 e. The summed E-state index contributed by atoms with van der Waals surface area (Å²) in [6, 6.07) is 4.69. The van der Waals surface area contributed by atoms with Crippen molar-refractivity contribution in [1.29, 1.82) is 0 Å². The van der Waals surface area contributed by atoms with Gasteiger partial charge in [0.25, 0.3) is 0 Å². The zero-order valence-corrected chi connectivity index (χ0v) is 23.7. The first-order valence-corrected chi connectivity index (χ1v) is 12.8. The van der Waals surface area contributed by atoms with Crippen molar-refractivity contribution in [3.63, 3.8) is 0 Å². The van der Waals surface area contributed by atoms with E-state index in [1.807, 2.05) is 67.5 Å². The van der Waals surface area contributed by atoms with Crippen LogP contribution in [0.2, 0.25) is 0 Å². The monoisotopic (exact) mass is 509 g/mol. The van der Waals surface area contributed by atoms with E-state index in [0.717, 1.165) is 24.0 Å². The van der Waals surface area contributed by atoms with E-state index in [2.05, 4.69) is 17.5 Å². The second kappa shape index (κ2) is 16.5. The zero-order valence-electron chi connectivity index (χ0n) is 23.7. The summed E-state index contributed by atoms with van der Waals surface area (Å²) < 4.78 is 11.1. The van der Waals surface area contributed by atoms with Gasteiger partial charge >= 0.3 is 11.9 Å². The van der Waals surface area contributed by atoms with Crippen LogP contribution in [0.15, 0.2) is 64.8 Å². The average molecular weight is 510 g/mol.